The van der Waals surface area contributed by atoms with Crippen molar-refractivity contribution in [3.05, 3.63) is 11.8 Å². The first-order chi connectivity index (χ1) is 8.49. The predicted molar refractivity (Wildman–Crippen MR) is 69.1 cm³/mol. The van der Waals surface area contributed by atoms with Crippen molar-refractivity contribution < 1.29 is 14.7 Å². The van der Waals surface area contributed by atoms with E-state index in [2.05, 4.69) is 10.6 Å². The standard InChI is InChI=1S/C13H22N2O3/c1-9(2)7-11(12(16)17)15-13(18)14-8-10-5-3-4-6-10/h8-9,11H,3-7H2,1-2H3,(H,16,17)(H2,14,15,18). The molecule has 1 rings (SSSR count). The molecule has 0 radical (unpaired) electrons. The van der Waals surface area contributed by atoms with Crippen LogP contribution in [0.3, 0.4) is 0 Å². The number of carboxylic acid groups (broad SMARTS) is 1. The summed E-state index contributed by atoms with van der Waals surface area (Å²) in [5.74, 6) is -0.771. The third-order valence-corrected chi connectivity index (χ3v) is 2.96. The summed E-state index contributed by atoms with van der Waals surface area (Å²) in [5.41, 5.74) is 1.22. The van der Waals surface area contributed by atoms with Crippen LogP contribution in [-0.2, 0) is 4.79 Å². The number of hydrogen-bond acceptors (Lipinski definition) is 2. The Balaban J connectivity index is 2.40. The zero-order valence-electron chi connectivity index (χ0n) is 11.0. The van der Waals surface area contributed by atoms with Gasteiger partial charge in [-0.05, 0) is 38.0 Å². The predicted octanol–water partition coefficient (Wildman–Crippen LogP) is 2.24. The summed E-state index contributed by atoms with van der Waals surface area (Å²) in [6, 6.07) is -1.27. The molecule has 1 fully saturated rings. The molecule has 5 nitrogen and oxygen atoms in total. The second-order valence-corrected chi connectivity index (χ2v) is 5.15. The molecular formula is C13H22N2O3. The van der Waals surface area contributed by atoms with E-state index in [1.54, 1.807) is 6.20 Å². The van der Waals surface area contributed by atoms with E-state index >= 15 is 0 Å². The van der Waals surface area contributed by atoms with E-state index in [0.29, 0.717) is 6.42 Å². The summed E-state index contributed by atoms with van der Waals surface area (Å²) in [6.07, 6.45) is 6.51. The fourth-order valence-corrected chi connectivity index (χ4v) is 2.03. The minimum absolute atomic E-state index is 0.222. The van der Waals surface area contributed by atoms with Gasteiger partial charge in [-0.3, -0.25) is 0 Å². The first kappa shape index (κ1) is 14.5. The number of aliphatic carboxylic acids is 1. The number of urea groups is 1. The maximum Gasteiger partial charge on any atom is 0.326 e. The monoisotopic (exact) mass is 254 g/mol. The third kappa shape index (κ3) is 5.21. The first-order valence-corrected chi connectivity index (χ1v) is 6.46. The largest absolute Gasteiger partial charge is 0.480 e. The zero-order chi connectivity index (χ0) is 13.5. The Labute approximate surface area is 108 Å². The molecule has 1 saturated carbocycles. The molecule has 0 aromatic heterocycles. The van der Waals surface area contributed by atoms with E-state index in [-0.39, 0.29) is 5.92 Å². The van der Waals surface area contributed by atoms with Crippen molar-refractivity contribution in [2.24, 2.45) is 5.92 Å². The van der Waals surface area contributed by atoms with E-state index in [4.69, 9.17) is 5.11 Å². The minimum Gasteiger partial charge on any atom is -0.480 e. The molecule has 2 amide bonds. The number of allylic oxidation sites excluding steroid dienone is 1. The third-order valence-electron chi connectivity index (χ3n) is 2.96. The van der Waals surface area contributed by atoms with Gasteiger partial charge in [0.1, 0.15) is 6.04 Å². The Kier molecular flexibility index (Phi) is 5.68. The molecule has 0 aromatic rings. The van der Waals surface area contributed by atoms with Crippen LogP contribution in [0.1, 0.15) is 46.0 Å². The summed E-state index contributed by atoms with van der Waals surface area (Å²) in [6.45, 7) is 3.85. The molecule has 1 unspecified atom stereocenters. The van der Waals surface area contributed by atoms with E-state index in [1.165, 1.54) is 18.4 Å². The summed E-state index contributed by atoms with van der Waals surface area (Å²) in [5, 5.41) is 14.1. The lowest BCUT2D eigenvalue weighted by molar-refractivity contribution is -0.139. The SMILES string of the molecule is CC(C)CC(NC(=O)NC=C1CCCC1)C(=O)O. The van der Waals surface area contributed by atoms with Crippen LogP contribution in [0.5, 0.6) is 0 Å². The van der Waals surface area contributed by atoms with Crippen LogP contribution in [0.4, 0.5) is 4.79 Å². The van der Waals surface area contributed by atoms with Crippen LogP contribution < -0.4 is 10.6 Å². The highest BCUT2D eigenvalue weighted by atomic mass is 16.4. The summed E-state index contributed by atoms with van der Waals surface area (Å²) < 4.78 is 0. The average molecular weight is 254 g/mol. The summed E-state index contributed by atoms with van der Waals surface area (Å²) in [7, 11) is 0. The van der Waals surface area contributed by atoms with Gasteiger partial charge in [-0.2, -0.15) is 0 Å². The van der Waals surface area contributed by atoms with Gasteiger partial charge in [0.2, 0.25) is 0 Å². The molecule has 0 spiro atoms. The number of carbonyl (C=O) groups is 2. The van der Waals surface area contributed by atoms with Crippen molar-refractivity contribution in [2.45, 2.75) is 52.0 Å². The smallest absolute Gasteiger partial charge is 0.326 e. The Bertz CT molecular complexity index is 329. The van der Waals surface area contributed by atoms with Crippen LogP contribution in [0.25, 0.3) is 0 Å². The number of amides is 2. The molecule has 1 atom stereocenters. The highest BCUT2D eigenvalue weighted by Crippen LogP contribution is 2.22. The molecule has 5 heteroatoms. The number of carbonyl (C=O) groups excluding carboxylic acids is 1. The van der Waals surface area contributed by atoms with Crippen molar-refractivity contribution >= 4 is 12.0 Å². The number of nitrogens with one attached hydrogen (secondary N) is 2. The van der Waals surface area contributed by atoms with Crippen molar-refractivity contribution in [1.82, 2.24) is 10.6 Å². The minimum atomic E-state index is -0.993. The van der Waals surface area contributed by atoms with Crippen molar-refractivity contribution in [3.63, 3.8) is 0 Å². The van der Waals surface area contributed by atoms with Crippen LogP contribution >= 0.6 is 0 Å². The van der Waals surface area contributed by atoms with Crippen LogP contribution in [0.15, 0.2) is 11.8 Å². The Morgan fingerprint density at radius 3 is 2.44 bits per heavy atom. The topological polar surface area (TPSA) is 78.4 Å². The Morgan fingerprint density at radius 1 is 1.33 bits per heavy atom. The molecule has 18 heavy (non-hydrogen) atoms. The normalized spacial score (nSPS) is 16.5. The first-order valence-electron chi connectivity index (χ1n) is 6.46. The fraction of sp³-hybridized carbons (Fsp3) is 0.692. The number of hydrogen-bond donors (Lipinski definition) is 3. The van der Waals surface area contributed by atoms with Gasteiger partial charge in [0, 0.05) is 6.20 Å². The van der Waals surface area contributed by atoms with Crippen LogP contribution in [-0.4, -0.2) is 23.1 Å². The molecule has 1 aliphatic carbocycles. The van der Waals surface area contributed by atoms with Crippen LogP contribution in [0, 0.1) is 5.92 Å². The molecule has 102 valence electrons. The van der Waals surface area contributed by atoms with Gasteiger partial charge >= 0.3 is 12.0 Å². The summed E-state index contributed by atoms with van der Waals surface area (Å²) >= 11 is 0. The molecule has 0 saturated heterocycles. The quantitative estimate of drug-likeness (QED) is 0.704. The summed E-state index contributed by atoms with van der Waals surface area (Å²) in [4.78, 5) is 22.5. The number of rotatable bonds is 5. The fourth-order valence-electron chi connectivity index (χ4n) is 2.03. The average Bonchev–Trinajstić information content (AvgIpc) is 2.77. The van der Waals surface area contributed by atoms with E-state index in [0.717, 1.165) is 12.8 Å². The van der Waals surface area contributed by atoms with Gasteiger partial charge < -0.3 is 15.7 Å². The van der Waals surface area contributed by atoms with Gasteiger partial charge in [0.05, 0.1) is 0 Å². The molecule has 0 bridgehead atoms. The second kappa shape index (κ2) is 7.03. The number of carboxylic acids is 1. The highest BCUT2D eigenvalue weighted by Gasteiger charge is 2.20. The van der Waals surface area contributed by atoms with Gasteiger partial charge in [-0.25, -0.2) is 9.59 Å². The van der Waals surface area contributed by atoms with Gasteiger partial charge in [0.15, 0.2) is 0 Å². The molecular weight excluding hydrogens is 232 g/mol. The van der Waals surface area contributed by atoms with Gasteiger partial charge in [-0.1, -0.05) is 19.4 Å². The van der Waals surface area contributed by atoms with Crippen molar-refractivity contribution in [2.75, 3.05) is 0 Å². The van der Waals surface area contributed by atoms with E-state index in [1.807, 2.05) is 13.8 Å². The lowest BCUT2D eigenvalue weighted by Gasteiger charge is -2.16. The lowest BCUT2D eigenvalue weighted by atomic mass is 10.0. The molecule has 3 N–H and O–H groups in total. The van der Waals surface area contributed by atoms with Crippen molar-refractivity contribution in [3.8, 4) is 0 Å². The molecule has 1 aliphatic rings. The maximum absolute atomic E-state index is 11.6. The van der Waals surface area contributed by atoms with Gasteiger partial charge in [-0.15, -0.1) is 0 Å². The zero-order valence-corrected chi connectivity index (χ0v) is 11.0. The highest BCUT2D eigenvalue weighted by molar-refractivity contribution is 5.82. The van der Waals surface area contributed by atoms with Crippen molar-refractivity contribution in [1.29, 1.82) is 0 Å². The molecule has 0 heterocycles. The second-order valence-electron chi connectivity index (χ2n) is 5.15. The molecule has 0 aliphatic heterocycles. The maximum atomic E-state index is 11.6. The van der Waals surface area contributed by atoms with E-state index < -0.39 is 18.0 Å². The van der Waals surface area contributed by atoms with E-state index in [9.17, 15) is 9.59 Å². The van der Waals surface area contributed by atoms with Crippen LogP contribution in [0.2, 0.25) is 0 Å². The lowest BCUT2D eigenvalue weighted by Crippen LogP contribution is -2.45. The molecule has 0 aromatic carbocycles. The Morgan fingerprint density at radius 2 is 1.94 bits per heavy atom. The Hall–Kier alpha value is -1.52. The van der Waals surface area contributed by atoms with Gasteiger partial charge in [0.25, 0.3) is 0 Å².